The molecule has 96 valence electrons. The molecule has 0 fully saturated rings. The number of aromatic amines is 1. The van der Waals surface area contributed by atoms with Gasteiger partial charge in [0, 0.05) is 16.8 Å². The van der Waals surface area contributed by atoms with Crippen molar-refractivity contribution in [1.29, 1.82) is 0 Å². The van der Waals surface area contributed by atoms with Crippen LogP contribution in [0.3, 0.4) is 0 Å². The molecule has 0 radical (unpaired) electrons. The molecule has 0 aliphatic heterocycles. The van der Waals surface area contributed by atoms with Crippen LogP contribution < -0.4 is 0 Å². The molecule has 0 aliphatic carbocycles. The summed E-state index contributed by atoms with van der Waals surface area (Å²) < 4.78 is 16.3. The molecule has 19 heavy (non-hydrogen) atoms. The third-order valence-electron chi connectivity index (χ3n) is 2.81. The summed E-state index contributed by atoms with van der Waals surface area (Å²) in [5.41, 5.74) is 2.33. The second-order valence-electron chi connectivity index (χ2n) is 4.03. The molecule has 0 saturated heterocycles. The molecule has 0 saturated carbocycles. The van der Waals surface area contributed by atoms with Crippen LogP contribution in [-0.4, -0.2) is 9.55 Å². The van der Waals surface area contributed by atoms with Gasteiger partial charge in [-0.15, -0.1) is 0 Å². The molecule has 6 heteroatoms. The van der Waals surface area contributed by atoms with Crippen molar-refractivity contribution >= 4 is 50.8 Å². The normalized spacial score (nSPS) is 11.1. The molecule has 0 bridgehead atoms. The van der Waals surface area contributed by atoms with Crippen LogP contribution in [0.1, 0.15) is 0 Å². The Kier molecular flexibility index (Phi) is 3.20. The van der Waals surface area contributed by atoms with Crippen LogP contribution in [0.5, 0.6) is 0 Å². The zero-order valence-corrected chi connectivity index (χ0v) is 12.6. The highest BCUT2D eigenvalue weighted by Gasteiger charge is 2.10. The van der Waals surface area contributed by atoms with Crippen molar-refractivity contribution in [1.82, 2.24) is 9.55 Å². The van der Waals surface area contributed by atoms with Gasteiger partial charge in [-0.3, -0.25) is 4.57 Å². The Morgan fingerprint density at radius 2 is 1.89 bits per heavy atom. The Bertz CT molecular complexity index is 823. The van der Waals surface area contributed by atoms with Gasteiger partial charge in [-0.2, -0.15) is 0 Å². The van der Waals surface area contributed by atoms with Gasteiger partial charge in [0.2, 0.25) is 0 Å². The first-order valence-electron chi connectivity index (χ1n) is 5.42. The number of aromatic nitrogens is 2. The lowest BCUT2D eigenvalue weighted by Crippen LogP contribution is -1.93. The maximum Gasteiger partial charge on any atom is 0.182 e. The fourth-order valence-electron chi connectivity index (χ4n) is 1.95. The molecule has 0 spiro atoms. The van der Waals surface area contributed by atoms with Crippen LogP contribution in [-0.2, 0) is 0 Å². The number of imidazole rings is 1. The summed E-state index contributed by atoms with van der Waals surface area (Å²) in [5.74, 6) is -0.327. The van der Waals surface area contributed by atoms with Crippen LogP contribution in [0.15, 0.2) is 40.9 Å². The molecular formula is C13H7BrClFN2S. The summed E-state index contributed by atoms with van der Waals surface area (Å²) in [6, 6.07) is 10.4. The Morgan fingerprint density at radius 3 is 2.58 bits per heavy atom. The van der Waals surface area contributed by atoms with E-state index in [1.54, 1.807) is 18.2 Å². The zero-order valence-electron chi connectivity index (χ0n) is 9.45. The number of H-pyrrole nitrogens is 1. The van der Waals surface area contributed by atoms with Gasteiger partial charge in [0.15, 0.2) is 4.77 Å². The number of halogens is 3. The van der Waals surface area contributed by atoms with Crippen LogP contribution in [0.25, 0.3) is 16.7 Å². The van der Waals surface area contributed by atoms with E-state index in [0.29, 0.717) is 19.8 Å². The number of nitrogens with one attached hydrogen (secondary N) is 1. The predicted molar refractivity (Wildman–Crippen MR) is 81.1 cm³/mol. The minimum atomic E-state index is -0.327. The van der Waals surface area contributed by atoms with Crippen molar-refractivity contribution < 1.29 is 4.39 Å². The smallest absolute Gasteiger partial charge is 0.182 e. The average molecular weight is 358 g/mol. The Labute approximate surface area is 127 Å². The van der Waals surface area contributed by atoms with Crippen molar-refractivity contribution in [3.63, 3.8) is 0 Å². The fraction of sp³-hybridized carbons (Fsp3) is 0. The second kappa shape index (κ2) is 4.74. The van der Waals surface area contributed by atoms with E-state index in [1.807, 2.05) is 16.7 Å². The molecule has 0 amide bonds. The maximum atomic E-state index is 13.5. The fourth-order valence-corrected chi connectivity index (χ4v) is 2.72. The van der Waals surface area contributed by atoms with Gasteiger partial charge in [-0.1, -0.05) is 11.6 Å². The Morgan fingerprint density at radius 1 is 1.21 bits per heavy atom. The van der Waals surface area contributed by atoms with E-state index in [-0.39, 0.29) is 5.82 Å². The van der Waals surface area contributed by atoms with E-state index in [9.17, 15) is 4.39 Å². The van der Waals surface area contributed by atoms with Crippen LogP contribution in [0, 0.1) is 10.6 Å². The van der Waals surface area contributed by atoms with Crippen LogP contribution in [0.2, 0.25) is 5.02 Å². The second-order valence-corrected chi connectivity index (χ2v) is 5.70. The molecule has 1 heterocycles. The molecule has 3 aromatic rings. The molecule has 1 N–H and O–H groups in total. The van der Waals surface area contributed by atoms with Crippen molar-refractivity contribution in [3.05, 3.63) is 56.5 Å². The minimum Gasteiger partial charge on any atom is -0.330 e. The van der Waals surface area contributed by atoms with Gasteiger partial charge in [-0.05, 0) is 58.5 Å². The highest BCUT2D eigenvalue weighted by Crippen LogP contribution is 2.26. The average Bonchev–Trinajstić information content (AvgIpc) is 2.67. The predicted octanol–water partition coefficient (Wildman–Crippen LogP) is 5.24. The zero-order chi connectivity index (χ0) is 13.6. The Hall–Kier alpha value is -1.17. The van der Waals surface area contributed by atoms with Crippen molar-refractivity contribution in [2.45, 2.75) is 0 Å². The first-order chi connectivity index (χ1) is 9.06. The lowest BCUT2D eigenvalue weighted by atomic mass is 10.2. The van der Waals surface area contributed by atoms with E-state index in [0.717, 1.165) is 11.2 Å². The number of fused-ring (bicyclic) bond motifs is 1. The summed E-state index contributed by atoms with van der Waals surface area (Å²) in [7, 11) is 0. The summed E-state index contributed by atoms with van der Waals surface area (Å²) in [5, 5.41) is 0.655. The van der Waals surface area contributed by atoms with E-state index >= 15 is 0 Å². The lowest BCUT2D eigenvalue weighted by molar-refractivity contribution is 0.623. The molecule has 2 nitrogen and oxygen atoms in total. The highest BCUT2D eigenvalue weighted by atomic mass is 79.9. The Balaban J connectivity index is 2.34. The number of hydrogen-bond donors (Lipinski definition) is 1. The molecule has 0 unspecified atom stereocenters. The SMILES string of the molecule is Fc1cc2[nH]c(=S)n(-c3ccc(Cl)cc3)c2cc1Br. The monoisotopic (exact) mass is 356 g/mol. The molecule has 1 aromatic heterocycles. The standard InChI is InChI=1S/C13H7BrClFN2S/c14-9-5-12-11(6-10(9)16)17-13(19)18(12)8-3-1-7(15)2-4-8/h1-6H,(H,17,19). The van der Waals surface area contributed by atoms with Gasteiger partial charge in [0.05, 0.1) is 15.5 Å². The first kappa shape index (κ1) is 12.8. The van der Waals surface area contributed by atoms with Gasteiger partial charge >= 0.3 is 0 Å². The summed E-state index contributed by atoms with van der Waals surface area (Å²) >= 11 is 14.4. The van der Waals surface area contributed by atoms with E-state index in [4.69, 9.17) is 23.8 Å². The number of hydrogen-bond acceptors (Lipinski definition) is 1. The highest BCUT2D eigenvalue weighted by molar-refractivity contribution is 9.10. The molecule has 0 aliphatic rings. The molecule has 2 aromatic carbocycles. The van der Waals surface area contributed by atoms with Gasteiger partial charge in [0.1, 0.15) is 5.82 Å². The van der Waals surface area contributed by atoms with Crippen molar-refractivity contribution in [3.8, 4) is 5.69 Å². The van der Waals surface area contributed by atoms with Crippen LogP contribution in [0.4, 0.5) is 4.39 Å². The van der Waals surface area contributed by atoms with E-state index in [1.165, 1.54) is 6.07 Å². The maximum absolute atomic E-state index is 13.5. The van der Waals surface area contributed by atoms with Crippen molar-refractivity contribution in [2.24, 2.45) is 0 Å². The lowest BCUT2D eigenvalue weighted by Gasteiger charge is -2.05. The third-order valence-corrected chi connectivity index (χ3v) is 3.95. The van der Waals surface area contributed by atoms with E-state index in [2.05, 4.69) is 20.9 Å². The van der Waals surface area contributed by atoms with Crippen LogP contribution >= 0.6 is 39.7 Å². The topological polar surface area (TPSA) is 20.7 Å². The quantitative estimate of drug-likeness (QED) is 0.590. The number of nitrogens with zero attached hydrogens (tertiary/aromatic N) is 1. The molecule has 3 rings (SSSR count). The van der Waals surface area contributed by atoms with Gasteiger partial charge in [-0.25, -0.2) is 4.39 Å². The number of benzene rings is 2. The summed E-state index contributed by atoms with van der Waals surface area (Å²) in [4.78, 5) is 2.99. The summed E-state index contributed by atoms with van der Waals surface area (Å²) in [6.07, 6.45) is 0. The molecule has 0 atom stereocenters. The number of rotatable bonds is 1. The summed E-state index contributed by atoms with van der Waals surface area (Å²) in [6.45, 7) is 0. The largest absolute Gasteiger partial charge is 0.330 e. The minimum absolute atomic E-state index is 0.327. The van der Waals surface area contributed by atoms with E-state index < -0.39 is 0 Å². The first-order valence-corrected chi connectivity index (χ1v) is 7.00. The van der Waals surface area contributed by atoms with Crippen molar-refractivity contribution in [2.75, 3.05) is 0 Å². The van der Waals surface area contributed by atoms with Gasteiger partial charge < -0.3 is 4.98 Å². The molecular weight excluding hydrogens is 351 g/mol. The third kappa shape index (κ3) is 2.22. The van der Waals surface area contributed by atoms with Gasteiger partial charge in [0.25, 0.3) is 0 Å².